The van der Waals surface area contributed by atoms with Crippen LogP contribution in [0.1, 0.15) is 42.5 Å². The maximum atomic E-state index is 6.28. The molecule has 0 radical (unpaired) electrons. The number of aryl methyl sites for hydroxylation is 1. The van der Waals surface area contributed by atoms with Crippen LogP contribution in [0.5, 0.6) is 11.6 Å². The van der Waals surface area contributed by atoms with Gasteiger partial charge in [-0.25, -0.2) is 4.98 Å². The quantitative estimate of drug-likeness (QED) is 0.566. The van der Waals surface area contributed by atoms with Crippen molar-refractivity contribution in [2.75, 3.05) is 14.2 Å². The third-order valence-corrected chi connectivity index (χ3v) is 4.92. The monoisotopic (exact) mass is 382 g/mol. The first-order chi connectivity index (χ1) is 13.7. The molecule has 1 heterocycles. The molecule has 1 aromatic carbocycles. The van der Waals surface area contributed by atoms with Crippen molar-refractivity contribution in [3.63, 3.8) is 0 Å². The number of nitrogens with one attached hydrogen (secondary N) is 2. The van der Waals surface area contributed by atoms with Gasteiger partial charge in [0.05, 0.1) is 25.5 Å². The standard InChI is InChI=1S/C22H30N4O2/c1-16-11-12-17(20(13-16)28-19-8-4-5-9-19)14-24-22(23-2)25-15-18-7-6-10-21(26-18)27-3/h6-7,10-13,19H,4-5,8-9,14-15H2,1-3H3,(H2,23,24,25). The van der Waals surface area contributed by atoms with E-state index in [1.54, 1.807) is 14.2 Å². The van der Waals surface area contributed by atoms with Gasteiger partial charge in [0.1, 0.15) is 5.75 Å². The number of ether oxygens (including phenoxy) is 2. The van der Waals surface area contributed by atoms with Gasteiger partial charge >= 0.3 is 0 Å². The van der Waals surface area contributed by atoms with E-state index in [1.165, 1.54) is 18.4 Å². The predicted octanol–water partition coefficient (Wildman–Crippen LogP) is 3.59. The molecule has 1 saturated carbocycles. The molecule has 0 saturated heterocycles. The number of hydrogen-bond acceptors (Lipinski definition) is 4. The fraction of sp³-hybridized carbons (Fsp3) is 0.455. The Labute approximate surface area is 167 Å². The van der Waals surface area contributed by atoms with E-state index in [0.717, 1.165) is 35.8 Å². The summed E-state index contributed by atoms with van der Waals surface area (Å²) in [5.41, 5.74) is 3.24. The summed E-state index contributed by atoms with van der Waals surface area (Å²) in [6.07, 6.45) is 5.17. The largest absolute Gasteiger partial charge is 0.490 e. The van der Waals surface area contributed by atoms with Gasteiger partial charge in [-0.3, -0.25) is 4.99 Å². The van der Waals surface area contributed by atoms with Gasteiger partial charge in [0, 0.05) is 25.2 Å². The van der Waals surface area contributed by atoms with Crippen LogP contribution in [0.4, 0.5) is 0 Å². The first-order valence-electron chi connectivity index (χ1n) is 9.88. The summed E-state index contributed by atoms with van der Waals surface area (Å²) >= 11 is 0. The molecule has 1 aliphatic rings. The molecule has 1 aliphatic carbocycles. The summed E-state index contributed by atoms with van der Waals surface area (Å²) in [5, 5.41) is 6.66. The van der Waals surface area contributed by atoms with Crippen molar-refractivity contribution in [1.29, 1.82) is 0 Å². The number of aromatic nitrogens is 1. The third-order valence-electron chi connectivity index (χ3n) is 4.92. The number of nitrogens with zero attached hydrogens (tertiary/aromatic N) is 2. The smallest absolute Gasteiger partial charge is 0.213 e. The minimum atomic E-state index is 0.345. The van der Waals surface area contributed by atoms with Crippen LogP contribution in [-0.2, 0) is 13.1 Å². The van der Waals surface area contributed by atoms with Gasteiger partial charge in [-0.2, -0.15) is 0 Å². The number of guanidine groups is 1. The molecule has 2 N–H and O–H groups in total. The zero-order valence-corrected chi connectivity index (χ0v) is 17.0. The van der Waals surface area contributed by atoms with Crippen LogP contribution in [0.3, 0.4) is 0 Å². The molecule has 6 heteroatoms. The molecule has 28 heavy (non-hydrogen) atoms. The normalized spacial score (nSPS) is 14.8. The lowest BCUT2D eigenvalue weighted by Crippen LogP contribution is -2.36. The molecular weight excluding hydrogens is 352 g/mol. The highest BCUT2D eigenvalue weighted by Crippen LogP contribution is 2.27. The summed E-state index contributed by atoms with van der Waals surface area (Å²) in [6.45, 7) is 3.31. The Balaban J connectivity index is 1.58. The SMILES string of the molecule is CN=C(NCc1cccc(OC)n1)NCc1ccc(C)cc1OC1CCCC1. The number of rotatable bonds is 7. The fourth-order valence-electron chi connectivity index (χ4n) is 3.35. The van der Waals surface area contributed by atoms with E-state index < -0.39 is 0 Å². The number of aliphatic imine (C=N–C) groups is 1. The van der Waals surface area contributed by atoms with Crippen molar-refractivity contribution in [3.8, 4) is 11.6 Å². The van der Waals surface area contributed by atoms with E-state index >= 15 is 0 Å². The maximum absolute atomic E-state index is 6.28. The molecule has 0 unspecified atom stereocenters. The van der Waals surface area contributed by atoms with Crippen molar-refractivity contribution in [1.82, 2.24) is 15.6 Å². The maximum Gasteiger partial charge on any atom is 0.213 e. The van der Waals surface area contributed by atoms with Crippen LogP contribution in [0.15, 0.2) is 41.4 Å². The van der Waals surface area contributed by atoms with Crippen LogP contribution >= 0.6 is 0 Å². The van der Waals surface area contributed by atoms with Crippen molar-refractivity contribution in [3.05, 3.63) is 53.2 Å². The first kappa shape index (κ1) is 20.0. The Hall–Kier alpha value is -2.76. The second-order valence-electron chi connectivity index (χ2n) is 7.09. The molecule has 6 nitrogen and oxygen atoms in total. The van der Waals surface area contributed by atoms with Crippen molar-refractivity contribution in [2.24, 2.45) is 4.99 Å². The molecule has 1 aromatic heterocycles. The van der Waals surface area contributed by atoms with Crippen molar-refractivity contribution >= 4 is 5.96 Å². The van der Waals surface area contributed by atoms with Gasteiger partial charge in [-0.1, -0.05) is 18.2 Å². The van der Waals surface area contributed by atoms with Crippen LogP contribution in [-0.4, -0.2) is 31.2 Å². The Morgan fingerprint density at radius 2 is 1.93 bits per heavy atom. The van der Waals surface area contributed by atoms with Crippen LogP contribution in [0.2, 0.25) is 0 Å². The number of pyridine rings is 1. The highest BCUT2D eigenvalue weighted by atomic mass is 16.5. The van der Waals surface area contributed by atoms with E-state index in [9.17, 15) is 0 Å². The van der Waals surface area contributed by atoms with E-state index in [0.29, 0.717) is 25.1 Å². The van der Waals surface area contributed by atoms with E-state index in [4.69, 9.17) is 9.47 Å². The van der Waals surface area contributed by atoms with E-state index in [1.807, 2.05) is 18.2 Å². The number of methoxy groups -OCH3 is 1. The van der Waals surface area contributed by atoms with Crippen molar-refractivity contribution in [2.45, 2.75) is 51.8 Å². The van der Waals surface area contributed by atoms with Crippen molar-refractivity contribution < 1.29 is 9.47 Å². The Bertz CT molecular complexity index is 801. The first-order valence-corrected chi connectivity index (χ1v) is 9.88. The average molecular weight is 383 g/mol. The predicted molar refractivity (Wildman–Crippen MR) is 112 cm³/mol. The van der Waals surface area contributed by atoms with Gasteiger partial charge < -0.3 is 20.1 Å². The molecule has 1 fully saturated rings. The van der Waals surface area contributed by atoms with Crippen LogP contribution in [0.25, 0.3) is 0 Å². The Kier molecular flexibility index (Phi) is 7.12. The Morgan fingerprint density at radius 1 is 1.14 bits per heavy atom. The molecule has 0 atom stereocenters. The lowest BCUT2D eigenvalue weighted by atomic mass is 10.1. The molecular formula is C22H30N4O2. The zero-order chi connectivity index (χ0) is 19.8. The summed E-state index contributed by atoms with van der Waals surface area (Å²) in [4.78, 5) is 8.72. The lowest BCUT2D eigenvalue weighted by molar-refractivity contribution is 0.207. The molecule has 0 aliphatic heterocycles. The van der Waals surface area contributed by atoms with Crippen LogP contribution in [0, 0.1) is 6.92 Å². The molecule has 150 valence electrons. The average Bonchev–Trinajstić information content (AvgIpc) is 3.22. The van der Waals surface area contributed by atoms with E-state index in [2.05, 4.69) is 45.7 Å². The minimum absolute atomic E-state index is 0.345. The van der Waals surface area contributed by atoms with Gasteiger partial charge in [-0.05, 0) is 50.3 Å². The zero-order valence-electron chi connectivity index (χ0n) is 17.0. The fourth-order valence-corrected chi connectivity index (χ4v) is 3.35. The molecule has 3 rings (SSSR count). The summed E-state index contributed by atoms with van der Waals surface area (Å²) < 4.78 is 11.5. The lowest BCUT2D eigenvalue weighted by Gasteiger charge is -2.18. The molecule has 0 amide bonds. The molecule has 0 bridgehead atoms. The highest BCUT2D eigenvalue weighted by Gasteiger charge is 2.18. The summed E-state index contributed by atoms with van der Waals surface area (Å²) in [5.74, 6) is 2.30. The summed E-state index contributed by atoms with van der Waals surface area (Å²) in [7, 11) is 3.38. The van der Waals surface area contributed by atoms with Gasteiger partial charge in [0.25, 0.3) is 0 Å². The Morgan fingerprint density at radius 3 is 2.68 bits per heavy atom. The molecule has 0 spiro atoms. The highest BCUT2D eigenvalue weighted by molar-refractivity contribution is 5.79. The molecule has 2 aromatic rings. The summed E-state index contributed by atoms with van der Waals surface area (Å²) in [6, 6.07) is 12.1. The number of hydrogen-bond donors (Lipinski definition) is 2. The minimum Gasteiger partial charge on any atom is -0.490 e. The number of benzene rings is 1. The second-order valence-corrected chi connectivity index (χ2v) is 7.09. The van der Waals surface area contributed by atoms with Gasteiger partial charge in [0.15, 0.2) is 5.96 Å². The van der Waals surface area contributed by atoms with Crippen LogP contribution < -0.4 is 20.1 Å². The third kappa shape index (κ3) is 5.62. The second kappa shape index (κ2) is 9.97. The van der Waals surface area contributed by atoms with Gasteiger partial charge in [0.2, 0.25) is 5.88 Å². The van der Waals surface area contributed by atoms with Gasteiger partial charge in [-0.15, -0.1) is 0 Å². The van der Waals surface area contributed by atoms with E-state index in [-0.39, 0.29) is 0 Å². The topological polar surface area (TPSA) is 67.8 Å².